The minimum absolute atomic E-state index is 0.138. The first-order valence-corrected chi connectivity index (χ1v) is 11.6. The maximum atomic E-state index is 12.8. The van der Waals surface area contributed by atoms with E-state index in [1.54, 1.807) is 4.90 Å². The van der Waals surface area contributed by atoms with Crippen molar-refractivity contribution in [3.8, 4) is 10.6 Å². The van der Waals surface area contributed by atoms with Crippen LogP contribution in [-0.2, 0) is 10.0 Å². The Balaban J connectivity index is 1.71. The lowest BCUT2D eigenvalue weighted by molar-refractivity contribution is 0.0693. The van der Waals surface area contributed by atoms with Crippen LogP contribution in [-0.4, -0.2) is 60.4 Å². The fraction of sp³-hybridized carbons (Fsp3) is 0.444. The summed E-state index contributed by atoms with van der Waals surface area (Å²) in [4.78, 5) is 18.9. The van der Waals surface area contributed by atoms with E-state index in [9.17, 15) is 13.2 Å². The summed E-state index contributed by atoms with van der Waals surface area (Å²) in [5.41, 5.74) is 2.30. The zero-order valence-corrected chi connectivity index (χ0v) is 17.7. The van der Waals surface area contributed by atoms with Gasteiger partial charge in [0, 0.05) is 31.7 Å². The molecule has 6 nitrogen and oxygen atoms in total. The average Bonchev–Trinajstić information content (AvgIpc) is 3.03. The second-order valence-corrected chi connectivity index (χ2v) is 10.2. The van der Waals surface area contributed by atoms with E-state index in [1.807, 2.05) is 38.1 Å². The van der Waals surface area contributed by atoms with Crippen LogP contribution in [0.3, 0.4) is 0 Å². The standard InChI is InChI=1S/C18H22ClN3O3S2/c1-3-12-27(24,25)22-10-8-21(9-11-22)18(23)15-16(19)26-17(20-15)14-6-4-13(2)5-7-14/h4-7H,3,8-12H2,1-2H3. The monoisotopic (exact) mass is 427 g/mol. The highest BCUT2D eigenvalue weighted by molar-refractivity contribution is 7.89. The number of nitrogens with zero attached hydrogens (tertiary/aromatic N) is 3. The van der Waals surface area contributed by atoms with Gasteiger partial charge in [-0.15, -0.1) is 11.3 Å². The number of carbonyl (C=O) groups excluding carboxylic acids is 1. The Labute approximate surface area is 168 Å². The van der Waals surface area contributed by atoms with Crippen molar-refractivity contribution >= 4 is 38.9 Å². The smallest absolute Gasteiger partial charge is 0.275 e. The Hall–Kier alpha value is -1.48. The molecule has 1 fully saturated rings. The molecule has 1 aliphatic rings. The molecular weight excluding hydrogens is 406 g/mol. The first-order valence-electron chi connectivity index (χ1n) is 8.82. The average molecular weight is 428 g/mol. The Morgan fingerprint density at radius 1 is 1.19 bits per heavy atom. The van der Waals surface area contributed by atoms with E-state index in [2.05, 4.69) is 4.98 Å². The molecule has 0 aliphatic carbocycles. The number of hydrogen-bond acceptors (Lipinski definition) is 5. The first kappa shape index (κ1) is 20.3. The fourth-order valence-corrected chi connectivity index (χ4v) is 5.59. The minimum Gasteiger partial charge on any atom is -0.335 e. The third kappa shape index (κ3) is 4.51. The highest BCUT2D eigenvalue weighted by atomic mass is 35.5. The summed E-state index contributed by atoms with van der Waals surface area (Å²) in [6.45, 7) is 5.15. The maximum absolute atomic E-state index is 12.8. The number of aryl methyl sites for hydroxylation is 1. The predicted molar refractivity (Wildman–Crippen MR) is 109 cm³/mol. The van der Waals surface area contributed by atoms with Gasteiger partial charge in [0.2, 0.25) is 10.0 Å². The van der Waals surface area contributed by atoms with Gasteiger partial charge in [0.15, 0.2) is 5.69 Å². The van der Waals surface area contributed by atoms with Gasteiger partial charge >= 0.3 is 0 Å². The molecule has 0 N–H and O–H groups in total. The highest BCUT2D eigenvalue weighted by Crippen LogP contribution is 2.32. The Bertz CT molecular complexity index is 918. The Kier molecular flexibility index (Phi) is 6.20. The minimum atomic E-state index is -3.24. The van der Waals surface area contributed by atoms with E-state index < -0.39 is 10.0 Å². The van der Waals surface area contributed by atoms with Gasteiger partial charge in [-0.1, -0.05) is 48.4 Å². The summed E-state index contributed by atoms with van der Waals surface area (Å²) < 4.78 is 26.1. The van der Waals surface area contributed by atoms with Crippen molar-refractivity contribution < 1.29 is 13.2 Å². The summed E-state index contributed by atoms with van der Waals surface area (Å²) >= 11 is 7.56. The molecule has 0 atom stereocenters. The predicted octanol–water partition coefficient (Wildman–Crippen LogP) is 3.27. The Morgan fingerprint density at radius 3 is 2.41 bits per heavy atom. The molecule has 1 saturated heterocycles. The van der Waals surface area contributed by atoms with Gasteiger partial charge in [-0.3, -0.25) is 4.79 Å². The van der Waals surface area contributed by atoms with E-state index in [0.29, 0.717) is 41.9 Å². The number of amides is 1. The summed E-state index contributed by atoms with van der Waals surface area (Å²) in [7, 11) is -3.24. The number of halogens is 1. The molecule has 9 heteroatoms. The molecule has 1 aliphatic heterocycles. The molecule has 0 unspecified atom stereocenters. The number of aromatic nitrogens is 1. The van der Waals surface area contributed by atoms with Gasteiger partial charge in [-0.25, -0.2) is 13.4 Å². The van der Waals surface area contributed by atoms with E-state index in [-0.39, 0.29) is 17.4 Å². The molecule has 0 spiro atoms. The highest BCUT2D eigenvalue weighted by Gasteiger charge is 2.30. The van der Waals surface area contributed by atoms with Crippen molar-refractivity contribution in [1.82, 2.24) is 14.2 Å². The van der Waals surface area contributed by atoms with Crippen LogP contribution in [0.1, 0.15) is 29.4 Å². The number of rotatable bonds is 5. The fourth-order valence-electron chi connectivity index (χ4n) is 2.96. The summed E-state index contributed by atoms with van der Waals surface area (Å²) in [6, 6.07) is 7.89. The summed E-state index contributed by atoms with van der Waals surface area (Å²) in [6.07, 6.45) is 0.581. The molecule has 1 amide bonds. The molecular formula is C18H22ClN3O3S2. The third-order valence-corrected chi connectivity index (χ3v) is 7.85. The van der Waals surface area contributed by atoms with Crippen molar-refractivity contribution in [2.24, 2.45) is 0 Å². The second kappa shape index (κ2) is 8.26. The van der Waals surface area contributed by atoms with E-state index in [1.165, 1.54) is 15.6 Å². The van der Waals surface area contributed by atoms with E-state index in [4.69, 9.17) is 11.6 Å². The molecule has 0 radical (unpaired) electrons. The summed E-state index contributed by atoms with van der Waals surface area (Å²) in [5.74, 6) is -0.110. The number of piperazine rings is 1. The second-order valence-electron chi connectivity index (χ2n) is 6.51. The van der Waals surface area contributed by atoms with Crippen LogP contribution in [0.4, 0.5) is 0 Å². The van der Waals surface area contributed by atoms with Crippen molar-refractivity contribution in [2.75, 3.05) is 31.9 Å². The van der Waals surface area contributed by atoms with Crippen LogP contribution >= 0.6 is 22.9 Å². The van der Waals surface area contributed by atoms with Gasteiger partial charge in [0.1, 0.15) is 9.34 Å². The molecule has 146 valence electrons. The SMILES string of the molecule is CCCS(=O)(=O)N1CCN(C(=O)c2nc(-c3ccc(C)cc3)sc2Cl)CC1. The topological polar surface area (TPSA) is 70.6 Å². The van der Waals surface area contributed by atoms with Gasteiger partial charge in [0.05, 0.1) is 5.75 Å². The van der Waals surface area contributed by atoms with Crippen molar-refractivity contribution in [2.45, 2.75) is 20.3 Å². The van der Waals surface area contributed by atoms with Crippen LogP contribution < -0.4 is 0 Å². The molecule has 27 heavy (non-hydrogen) atoms. The van der Waals surface area contributed by atoms with Crippen molar-refractivity contribution in [3.05, 3.63) is 39.9 Å². The number of hydrogen-bond donors (Lipinski definition) is 0. The first-order chi connectivity index (χ1) is 12.8. The number of carbonyl (C=O) groups is 1. The molecule has 2 aromatic rings. The lowest BCUT2D eigenvalue weighted by atomic mass is 10.2. The lowest BCUT2D eigenvalue weighted by Crippen LogP contribution is -2.51. The van der Waals surface area contributed by atoms with Crippen LogP contribution in [0, 0.1) is 6.92 Å². The van der Waals surface area contributed by atoms with Gasteiger partial charge in [-0.2, -0.15) is 4.31 Å². The van der Waals surface area contributed by atoms with Gasteiger partial charge < -0.3 is 4.90 Å². The zero-order chi connectivity index (χ0) is 19.6. The van der Waals surface area contributed by atoms with Crippen molar-refractivity contribution in [1.29, 1.82) is 0 Å². The quantitative estimate of drug-likeness (QED) is 0.734. The van der Waals surface area contributed by atoms with Gasteiger partial charge in [-0.05, 0) is 13.3 Å². The van der Waals surface area contributed by atoms with E-state index in [0.717, 1.165) is 11.1 Å². The van der Waals surface area contributed by atoms with Gasteiger partial charge in [0.25, 0.3) is 5.91 Å². The molecule has 1 aromatic carbocycles. The van der Waals surface area contributed by atoms with Crippen LogP contribution in [0.15, 0.2) is 24.3 Å². The zero-order valence-electron chi connectivity index (χ0n) is 15.3. The largest absolute Gasteiger partial charge is 0.335 e. The normalized spacial score (nSPS) is 15.9. The lowest BCUT2D eigenvalue weighted by Gasteiger charge is -2.33. The maximum Gasteiger partial charge on any atom is 0.275 e. The molecule has 0 bridgehead atoms. The number of thiazole rings is 1. The molecule has 1 aromatic heterocycles. The molecule has 0 saturated carbocycles. The Morgan fingerprint density at radius 2 is 1.81 bits per heavy atom. The molecule has 3 rings (SSSR count). The van der Waals surface area contributed by atoms with Crippen LogP contribution in [0.2, 0.25) is 4.34 Å². The van der Waals surface area contributed by atoms with Crippen LogP contribution in [0.25, 0.3) is 10.6 Å². The van der Waals surface area contributed by atoms with Crippen molar-refractivity contribution in [3.63, 3.8) is 0 Å². The number of benzene rings is 1. The summed E-state index contributed by atoms with van der Waals surface area (Å²) in [5, 5.41) is 0.701. The number of sulfonamides is 1. The third-order valence-electron chi connectivity index (χ3n) is 4.47. The van der Waals surface area contributed by atoms with E-state index >= 15 is 0 Å². The van der Waals surface area contributed by atoms with Crippen LogP contribution in [0.5, 0.6) is 0 Å². The molecule has 2 heterocycles.